The van der Waals surface area contributed by atoms with E-state index in [0.29, 0.717) is 32.9 Å². The van der Waals surface area contributed by atoms with E-state index >= 15 is 0 Å². The molecule has 5 nitrogen and oxygen atoms in total. The largest absolute Gasteiger partial charge is 0.485 e. The highest BCUT2D eigenvalue weighted by Gasteiger charge is 2.48. The Balaban J connectivity index is 1.22. The summed E-state index contributed by atoms with van der Waals surface area (Å²) in [5, 5.41) is 0. The predicted molar refractivity (Wildman–Crippen MR) is 123 cm³/mol. The lowest BCUT2D eigenvalue weighted by Crippen LogP contribution is -2.53. The van der Waals surface area contributed by atoms with Gasteiger partial charge < -0.3 is 19.1 Å². The van der Waals surface area contributed by atoms with Crippen LogP contribution in [0, 0.1) is 11.2 Å². The van der Waals surface area contributed by atoms with Crippen LogP contribution >= 0.6 is 0 Å². The number of halogens is 1. The van der Waals surface area contributed by atoms with Crippen LogP contribution in [0.4, 0.5) is 4.39 Å². The lowest BCUT2D eigenvalue weighted by molar-refractivity contribution is -0.152. The highest BCUT2D eigenvalue weighted by molar-refractivity contribution is 5.83. The first kappa shape index (κ1) is 22.4. The molecule has 6 heteroatoms. The van der Waals surface area contributed by atoms with Gasteiger partial charge in [0.2, 0.25) is 5.91 Å². The summed E-state index contributed by atoms with van der Waals surface area (Å²) in [6.07, 6.45) is 4.42. The maximum absolute atomic E-state index is 14.0. The number of ether oxygens (including phenoxy) is 3. The Kier molecular flexibility index (Phi) is 6.39. The third kappa shape index (κ3) is 4.78. The van der Waals surface area contributed by atoms with Crippen molar-refractivity contribution in [3.63, 3.8) is 0 Å². The molecule has 1 spiro atoms. The molecule has 176 valence electrons. The number of piperidine rings is 1. The molecule has 0 aliphatic carbocycles. The molecular weight excluding hydrogens is 421 g/mol. The van der Waals surface area contributed by atoms with Gasteiger partial charge in [-0.15, -0.1) is 0 Å². The zero-order chi connectivity index (χ0) is 22.7. The van der Waals surface area contributed by atoms with Crippen LogP contribution in [0.5, 0.6) is 5.75 Å². The smallest absolute Gasteiger partial charge is 0.229 e. The van der Waals surface area contributed by atoms with Crippen LogP contribution in [0.2, 0.25) is 0 Å². The van der Waals surface area contributed by atoms with Gasteiger partial charge >= 0.3 is 0 Å². The number of benzene rings is 2. The van der Waals surface area contributed by atoms with Crippen molar-refractivity contribution >= 4 is 5.91 Å². The Labute approximate surface area is 194 Å². The number of rotatable bonds is 5. The van der Waals surface area contributed by atoms with Crippen LogP contribution in [0.25, 0.3) is 0 Å². The second-order valence-electron chi connectivity index (χ2n) is 9.72. The molecule has 2 aromatic carbocycles. The van der Waals surface area contributed by atoms with E-state index in [-0.39, 0.29) is 29.2 Å². The fraction of sp³-hybridized carbons (Fsp3) is 0.519. The summed E-state index contributed by atoms with van der Waals surface area (Å²) < 4.78 is 31.7. The number of para-hydroxylation sites is 1. The van der Waals surface area contributed by atoms with E-state index < -0.39 is 5.41 Å². The standard InChI is InChI=1S/C27H32FNO4/c28-23-8-4-5-9-24(23)33-22-19-27(32-20-22)10-14-29(15-11-27)25(30)26(12-16-31-17-13-26)18-21-6-2-1-3-7-21/h1-9,22H,10-20H2/t22-/m1/s1. The number of hydrogen-bond donors (Lipinski definition) is 0. The van der Waals surface area contributed by atoms with Crippen LogP contribution < -0.4 is 4.74 Å². The highest BCUT2D eigenvalue weighted by atomic mass is 19.1. The number of nitrogens with zero attached hydrogens (tertiary/aromatic N) is 1. The number of carbonyl (C=O) groups excluding carboxylic acids is 1. The Hall–Kier alpha value is -2.44. The molecule has 0 saturated carbocycles. The quantitative estimate of drug-likeness (QED) is 0.674. The van der Waals surface area contributed by atoms with E-state index in [1.165, 1.54) is 11.6 Å². The summed E-state index contributed by atoms with van der Waals surface area (Å²) in [6.45, 7) is 3.09. The second kappa shape index (κ2) is 9.43. The normalized spacial score (nSPS) is 24.0. The molecular formula is C27H32FNO4. The summed E-state index contributed by atoms with van der Waals surface area (Å²) in [5.74, 6) is 0.179. The minimum absolute atomic E-state index is 0.163. The summed E-state index contributed by atoms with van der Waals surface area (Å²) in [5.41, 5.74) is 0.528. The zero-order valence-corrected chi connectivity index (χ0v) is 19.0. The van der Waals surface area contributed by atoms with Crippen molar-refractivity contribution in [3.05, 3.63) is 66.0 Å². The van der Waals surface area contributed by atoms with Gasteiger partial charge in [-0.1, -0.05) is 42.5 Å². The summed E-state index contributed by atoms with van der Waals surface area (Å²) >= 11 is 0. The number of amides is 1. The first-order valence-corrected chi connectivity index (χ1v) is 12.0. The Morgan fingerprint density at radius 2 is 1.70 bits per heavy atom. The highest BCUT2D eigenvalue weighted by Crippen LogP contribution is 2.41. The van der Waals surface area contributed by atoms with Crippen LogP contribution in [0.3, 0.4) is 0 Å². The maximum atomic E-state index is 14.0. The topological polar surface area (TPSA) is 48.0 Å². The maximum Gasteiger partial charge on any atom is 0.229 e. The molecule has 5 rings (SSSR count). The molecule has 3 aliphatic rings. The Bertz CT molecular complexity index is 952. The van der Waals surface area contributed by atoms with E-state index in [1.807, 2.05) is 23.1 Å². The van der Waals surface area contributed by atoms with Crippen molar-refractivity contribution in [2.24, 2.45) is 5.41 Å². The number of hydrogen-bond acceptors (Lipinski definition) is 4. The van der Waals surface area contributed by atoms with Gasteiger partial charge in [-0.2, -0.15) is 0 Å². The minimum Gasteiger partial charge on any atom is -0.485 e. The fourth-order valence-corrected chi connectivity index (χ4v) is 5.61. The van der Waals surface area contributed by atoms with Crippen LogP contribution in [0.15, 0.2) is 54.6 Å². The van der Waals surface area contributed by atoms with Crippen LogP contribution in [0.1, 0.15) is 37.7 Å². The van der Waals surface area contributed by atoms with Crippen molar-refractivity contribution < 1.29 is 23.4 Å². The van der Waals surface area contributed by atoms with Crippen molar-refractivity contribution in [2.75, 3.05) is 32.9 Å². The van der Waals surface area contributed by atoms with Gasteiger partial charge in [0.05, 0.1) is 17.6 Å². The molecule has 3 saturated heterocycles. The van der Waals surface area contributed by atoms with Crippen molar-refractivity contribution in [3.8, 4) is 5.75 Å². The lowest BCUT2D eigenvalue weighted by atomic mass is 9.73. The molecule has 0 aromatic heterocycles. The van der Waals surface area contributed by atoms with E-state index in [4.69, 9.17) is 14.2 Å². The third-order valence-electron chi connectivity index (χ3n) is 7.56. The Morgan fingerprint density at radius 1 is 1.00 bits per heavy atom. The van der Waals surface area contributed by atoms with Crippen LogP contribution in [-0.4, -0.2) is 55.4 Å². The van der Waals surface area contributed by atoms with Crippen molar-refractivity contribution in [1.29, 1.82) is 0 Å². The van der Waals surface area contributed by atoms with Gasteiger partial charge in [-0.3, -0.25) is 4.79 Å². The molecule has 33 heavy (non-hydrogen) atoms. The Morgan fingerprint density at radius 3 is 2.42 bits per heavy atom. The van der Waals surface area contributed by atoms with Crippen LogP contribution in [-0.2, 0) is 20.7 Å². The first-order valence-electron chi connectivity index (χ1n) is 12.0. The molecule has 1 amide bonds. The molecule has 0 N–H and O–H groups in total. The first-order chi connectivity index (χ1) is 16.1. The molecule has 0 bridgehead atoms. The van der Waals surface area contributed by atoms with Crippen molar-refractivity contribution in [1.82, 2.24) is 4.90 Å². The third-order valence-corrected chi connectivity index (χ3v) is 7.56. The summed E-state index contributed by atoms with van der Waals surface area (Å²) in [7, 11) is 0. The summed E-state index contributed by atoms with van der Waals surface area (Å²) in [6, 6.07) is 16.8. The zero-order valence-electron chi connectivity index (χ0n) is 19.0. The van der Waals surface area contributed by atoms with Gasteiger partial charge in [0.15, 0.2) is 11.6 Å². The van der Waals surface area contributed by atoms with Gasteiger partial charge in [0.25, 0.3) is 0 Å². The van der Waals surface area contributed by atoms with E-state index in [2.05, 4.69) is 12.1 Å². The monoisotopic (exact) mass is 453 g/mol. The molecule has 3 heterocycles. The fourth-order valence-electron chi connectivity index (χ4n) is 5.61. The van der Waals surface area contributed by atoms with E-state index in [1.54, 1.807) is 18.2 Å². The number of likely N-dealkylation sites (tertiary alicyclic amines) is 1. The number of carbonyl (C=O) groups is 1. The molecule has 2 aromatic rings. The summed E-state index contributed by atoms with van der Waals surface area (Å²) in [4.78, 5) is 15.8. The minimum atomic E-state index is -0.392. The molecule has 3 fully saturated rings. The van der Waals surface area contributed by atoms with Gasteiger partial charge in [0.1, 0.15) is 6.10 Å². The average molecular weight is 454 g/mol. The molecule has 3 aliphatic heterocycles. The second-order valence-corrected chi connectivity index (χ2v) is 9.72. The van der Waals surface area contributed by atoms with Gasteiger partial charge in [-0.25, -0.2) is 4.39 Å². The predicted octanol–water partition coefficient (Wildman–Crippen LogP) is 4.39. The van der Waals surface area contributed by atoms with Gasteiger partial charge in [0, 0.05) is 32.7 Å². The van der Waals surface area contributed by atoms with Gasteiger partial charge in [-0.05, 0) is 49.8 Å². The average Bonchev–Trinajstić information content (AvgIpc) is 3.23. The molecule has 0 radical (unpaired) electrons. The molecule has 1 atom stereocenters. The van der Waals surface area contributed by atoms with E-state index in [9.17, 15) is 9.18 Å². The van der Waals surface area contributed by atoms with E-state index in [0.717, 1.165) is 38.5 Å². The van der Waals surface area contributed by atoms with Crippen molar-refractivity contribution in [2.45, 2.75) is 50.2 Å². The lowest BCUT2D eigenvalue weighted by Gasteiger charge is -2.44. The molecule has 0 unspecified atom stereocenters. The SMILES string of the molecule is O=C(N1CCC2(CC1)C[C@@H](Oc1ccccc1F)CO2)C1(Cc2ccccc2)CCOCC1.